The van der Waals surface area contributed by atoms with Crippen molar-refractivity contribution >= 4 is 21.5 Å². The van der Waals surface area contributed by atoms with Gasteiger partial charge >= 0.3 is 0 Å². The number of hydrogen-bond acceptors (Lipinski definition) is 2. The lowest BCUT2D eigenvalue weighted by Gasteiger charge is -2.38. The lowest BCUT2D eigenvalue weighted by molar-refractivity contribution is -0.0564. The molecule has 0 spiro atoms. The predicted molar refractivity (Wildman–Crippen MR) is 160 cm³/mol. The van der Waals surface area contributed by atoms with Crippen LogP contribution < -0.4 is 9.47 Å². The summed E-state index contributed by atoms with van der Waals surface area (Å²) in [7, 11) is 0. The van der Waals surface area contributed by atoms with Crippen molar-refractivity contribution < 1.29 is 9.47 Å². The van der Waals surface area contributed by atoms with Crippen LogP contribution >= 0.6 is 0 Å². The van der Waals surface area contributed by atoms with Gasteiger partial charge in [-0.25, -0.2) is 0 Å². The van der Waals surface area contributed by atoms with Crippen LogP contribution in [0.25, 0.3) is 32.7 Å². The molecule has 2 nitrogen and oxygen atoms in total. The Labute approximate surface area is 228 Å². The van der Waals surface area contributed by atoms with Gasteiger partial charge in [0, 0.05) is 17.0 Å². The molecule has 1 aliphatic heterocycles. The van der Waals surface area contributed by atoms with Crippen LogP contribution in [-0.4, -0.2) is 6.29 Å². The summed E-state index contributed by atoms with van der Waals surface area (Å²) in [6.45, 7) is 6.43. The van der Waals surface area contributed by atoms with E-state index in [0.29, 0.717) is 5.92 Å². The first kappa shape index (κ1) is 25.3. The summed E-state index contributed by atoms with van der Waals surface area (Å²) in [5.74, 6) is 5.11. The molecule has 2 heteroatoms. The van der Waals surface area contributed by atoms with Crippen molar-refractivity contribution in [2.45, 2.75) is 78.4 Å². The average molecular weight is 507 g/mol. The predicted octanol–water partition coefficient (Wildman–Crippen LogP) is 10.4. The summed E-state index contributed by atoms with van der Waals surface area (Å²) in [6, 6.07) is 26.0. The zero-order valence-electron chi connectivity index (χ0n) is 23.3. The summed E-state index contributed by atoms with van der Waals surface area (Å²) in [4.78, 5) is 0. The highest BCUT2D eigenvalue weighted by Gasteiger charge is 2.37. The smallest absolute Gasteiger partial charge is 0.243 e. The van der Waals surface area contributed by atoms with Crippen LogP contribution in [0.1, 0.15) is 72.1 Å². The van der Waals surface area contributed by atoms with Crippen LogP contribution in [0.2, 0.25) is 0 Å². The highest BCUT2D eigenvalue weighted by molar-refractivity contribution is 6.09. The number of benzene rings is 4. The molecule has 4 aromatic rings. The van der Waals surface area contributed by atoms with E-state index in [0.717, 1.165) is 29.3 Å². The van der Waals surface area contributed by atoms with Crippen LogP contribution in [0, 0.1) is 23.7 Å². The molecule has 0 saturated heterocycles. The number of rotatable bonds is 2. The highest BCUT2D eigenvalue weighted by atomic mass is 16.7. The Balaban J connectivity index is 0.00000129. The summed E-state index contributed by atoms with van der Waals surface area (Å²) in [5.41, 5.74) is 2.35. The zero-order chi connectivity index (χ0) is 26.1. The van der Waals surface area contributed by atoms with Crippen LogP contribution in [0.3, 0.4) is 0 Å². The van der Waals surface area contributed by atoms with Gasteiger partial charge in [-0.15, -0.1) is 0 Å². The molecule has 0 bridgehead atoms. The second-order valence-corrected chi connectivity index (χ2v) is 11.6. The molecule has 4 aromatic carbocycles. The Morgan fingerprint density at radius 3 is 1.42 bits per heavy atom. The van der Waals surface area contributed by atoms with Crippen LogP contribution in [0.4, 0.5) is 0 Å². The molecule has 198 valence electrons. The summed E-state index contributed by atoms with van der Waals surface area (Å²) >= 11 is 0. The van der Waals surface area contributed by atoms with Crippen molar-refractivity contribution in [2.75, 3.05) is 0 Å². The number of ether oxygens (including phenoxy) is 2. The molecule has 0 atom stereocenters. The van der Waals surface area contributed by atoms with Gasteiger partial charge in [0.2, 0.25) is 6.29 Å². The third-order valence-electron chi connectivity index (χ3n) is 9.45. The van der Waals surface area contributed by atoms with Gasteiger partial charge in [-0.1, -0.05) is 94.3 Å². The Morgan fingerprint density at radius 2 is 0.921 bits per heavy atom. The van der Waals surface area contributed by atoms with Gasteiger partial charge in [0.25, 0.3) is 0 Å². The fourth-order valence-corrected chi connectivity index (χ4v) is 7.33. The standard InChI is InChI=1S/C34H36O2.C2H6/c1-22-10-12-23(13-11-22)24-14-16-27(17-15-24)34-35-30-20-18-25-6-2-4-8-28(25)32(30)33-29-9-5-3-7-26(29)19-21-31(33)36-34;1-2/h2-9,18-24,27,34H,10-17H2,1H3;1-2H3. The molecular weight excluding hydrogens is 464 g/mol. The minimum Gasteiger partial charge on any atom is -0.454 e. The van der Waals surface area contributed by atoms with Gasteiger partial charge in [0.05, 0.1) is 0 Å². The van der Waals surface area contributed by atoms with Crippen molar-refractivity contribution in [3.63, 3.8) is 0 Å². The second kappa shape index (κ2) is 11.0. The first-order chi connectivity index (χ1) is 18.7. The molecule has 0 amide bonds. The van der Waals surface area contributed by atoms with E-state index in [9.17, 15) is 0 Å². The van der Waals surface area contributed by atoms with Crippen molar-refractivity contribution in [3.05, 3.63) is 72.8 Å². The molecule has 0 N–H and O–H groups in total. The first-order valence-electron chi connectivity index (χ1n) is 15.1. The van der Waals surface area contributed by atoms with Gasteiger partial charge in [-0.05, 0) is 90.0 Å². The molecule has 0 unspecified atom stereocenters. The monoisotopic (exact) mass is 506 g/mol. The highest BCUT2D eigenvalue weighted by Crippen LogP contribution is 2.50. The lowest BCUT2D eigenvalue weighted by Crippen LogP contribution is -2.36. The minimum absolute atomic E-state index is 0.236. The molecule has 38 heavy (non-hydrogen) atoms. The number of hydrogen-bond donors (Lipinski definition) is 0. The van der Waals surface area contributed by atoms with Gasteiger partial charge in [0.1, 0.15) is 11.5 Å². The summed E-state index contributed by atoms with van der Waals surface area (Å²) in [5, 5.41) is 4.93. The number of fused-ring (bicyclic) bond motifs is 7. The minimum atomic E-state index is -0.236. The second-order valence-electron chi connectivity index (χ2n) is 11.6. The third-order valence-corrected chi connectivity index (χ3v) is 9.45. The van der Waals surface area contributed by atoms with E-state index in [1.807, 2.05) is 13.8 Å². The van der Waals surface area contributed by atoms with Crippen LogP contribution in [-0.2, 0) is 0 Å². The van der Waals surface area contributed by atoms with E-state index in [2.05, 4.69) is 79.7 Å². The van der Waals surface area contributed by atoms with Gasteiger partial charge in [-0.2, -0.15) is 0 Å². The normalized spacial score (nSPS) is 25.2. The van der Waals surface area contributed by atoms with E-state index in [1.54, 1.807) is 0 Å². The molecule has 0 aromatic heterocycles. The SMILES string of the molecule is CC.CC1CCC(C2CCC(C3Oc4ccc5ccccc5c4-c4c(ccc5ccccc45)O3)CC2)CC1. The van der Waals surface area contributed by atoms with Crippen molar-refractivity contribution in [1.82, 2.24) is 0 Å². The Hall–Kier alpha value is -3.00. The topological polar surface area (TPSA) is 18.5 Å². The Kier molecular flexibility index (Phi) is 7.32. The van der Waals surface area contributed by atoms with E-state index < -0.39 is 0 Å². The van der Waals surface area contributed by atoms with Crippen molar-refractivity contribution in [3.8, 4) is 22.6 Å². The maximum absolute atomic E-state index is 6.81. The van der Waals surface area contributed by atoms with Crippen molar-refractivity contribution in [2.24, 2.45) is 23.7 Å². The summed E-state index contributed by atoms with van der Waals surface area (Å²) in [6.07, 6.45) is 10.5. The van der Waals surface area contributed by atoms with Gasteiger partial charge in [0.15, 0.2) is 0 Å². The molecule has 0 radical (unpaired) electrons. The van der Waals surface area contributed by atoms with E-state index in [-0.39, 0.29) is 6.29 Å². The Morgan fingerprint density at radius 1 is 0.500 bits per heavy atom. The van der Waals surface area contributed by atoms with E-state index in [4.69, 9.17) is 9.47 Å². The molecule has 2 aliphatic carbocycles. The fraction of sp³-hybridized carbons (Fsp3) is 0.444. The maximum Gasteiger partial charge on any atom is 0.243 e. The molecule has 2 fully saturated rings. The average Bonchev–Trinajstić information content (AvgIpc) is 3.16. The fourth-order valence-electron chi connectivity index (χ4n) is 7.33. The first-order valence-corrected chi connectivity index (χ1v) is 15.1. The van der Waals surface area contributed by atoms with Crippen LogP contribution in [0.15, 0.2) is 72.8 Å². The van der Waals surface area contributed by atoms with Gasteiger partial charge < -0.3 is 9.47 Å². The Bertz CT molecular complexity index is 1300. The largest absolute Gasteiger partial charge is 0.454 e. The van der Waals surface area contributed by atoms with Gasteiger partial charge in [-0.3, -0.25) is 0 Å². The third kappa shape index (κ3) is 4.68. The molecule has 7 rings (SSSR count). The molecular formula is C36H42O2. The molecule has 1 heterocycles. The van der Waals surface area contributed by atoms with E-state index >= 15 is 0 Å². The molecule has 2 saturated carbocycles. The maximum atomic E-state index is 6.81. The van der Waals surface area contributed by atoms with Crippen LogP contribution in [0.5, 0.6) is 11.5 Å². The van der Waals surface area contributed by atoms with Crippen molar-refractivity contribution in [1.29, 1.82) is 0 Å². The van der Waals surface area contributed by atoms with E-state index in [1.165, 1.54) is 84.0 Å². The quantitative estimate of drug-likeness (QED) is 0.269. The molecule has 3 aliphatic rings. The summed E-state index contributed by atoms with van der Waals surface area (Å²) < 4.78 is 13.6. The lowest BCUT2D eigenvalue weighted by atomic mass is 9.69. The zero-order valence-corrected chi connectivity index (χ0v) is 23.3.